The number of methoxy groups -OCH3 is 1. The summed E-state index contributed by atoms with van der Waals surface area (Å²) in [5.41, 5.74) is 0.659. The molecule has 144 valence electrons. The Balaban J connectivity index is 1.94. The van der Waals surface area contributed by atoms with E-state index in [1.807, 2.05) is 0 Å². The van der Waals surface area contributed by atoms with Crippen molar-refractivity contribution < 1.29 is 14.5 Å². The minimum absolute atomic E-state index is 0.105. The molecule has 0 aliphatic carbocycles. The van der Waals surface area contributed by atoms with E-state index < -0.39 is 4.92 Å². The second-order valence-corrected chi connectivity index (χ2v) is 8.04. The molecule has 1 heterocycles. The zero-order valence-corrected chi connectivity index (χ0v) is 17.9. The third-order valence-electron chi connectivity index (χ3n) is 3.55. The van der Waals surface area contributed by atoms with Crippen LogP contribution < -0.4 is 10.1 Å². The van der Waals surface area contributed by atoms with E-state index in [2.05, 4.69) is 26.2 Å². The average Bonchev–Trinajstić information content (AvgIpc) is 2.97. The van der Waals surface area contributed by atoms with E-state index in [1.165, 1.54) is 19.3 Å². The van der Waals surface area contributed by atoms with Gasteiger partial charge in [0.2, 0.25) is 5.75 Å². The molecule has 1 N–H and O–H groups in total. The molecule has 28 heavy (non-hydrogen) atoms. The number of halogens is 3. The van der Waals surface area contributed by atoms with Gasteiger partial charge in [-0.25, -0.2) is 4.99 Å². The van der Waals surface area contributed by atoms with Crippen molar-refractivity contribution in [2.24, 2.45) is 4.99 Å². The Labute approximate surface area is 182 Å². The van der Waals surface area contributed by atoms with Crippen molar-refractivity contribution in [3.05, 3.63) is 65.4 Å². The Morgan fingerprint density at radius 2 is 2.11 bits per heavy atom. The molecule has 0 saturated carbocycles. The summed E-state index contributed by atoms with van der Waals surface area (Å²) in [5, 5.41) is 14.8. The molecule has 3 rings (SSSR count). The normalized spacial score (nSPS) is 16.5. The van der Waals surface area contributed by atoms with Crippen LogP contribution in [0.15, 0.2) is 44.7 Å². The van der Waals surface area contributed by atoms with Gasteiger partial charge in [-0.15, -0.1) is 0 Å². The van der Waals surface area contributed by atoms with Crippen LogP contribution in [0.3, 0.4) is 0 Å². The van der Waals surface area contributed by atoms with Crippen LogP contribution in [0.5, 0.6) is 5.75 Å². The third-order valence-corrected chi connectivity index (χ3v) is 5.86. The Morgan fingerprint density at radius 1 is 1.36 bits per heavy atom. The van der Waals surface area contributed by atoms with Gasteiger partial charge in [-0.05, 0) is 57.5 Å². The first kappa shape index (κ1) is 20.7. The topological polar surface area (TPSA) is 93.8 Å². The second kappa shape index (κ2) is 8.52. The van der Waals surface area contributed by atoms with Crippen LogP contribution in [0.1, 0.15) is 5.56 Å². The lowest BCUT2D eigenvalue weighted by molar-refractivity contribution is -0.385. The van der Waals surface area contributed by atoms with Crippen LogP contribution in [-0.2, 0) is 4.79 Å². The Morgan fingerprint density at radius 3 is 2.79 bits per heavy atom. The fourth-order valence-corrected chi connectivity index (χ4v) is 4.14. The van der Waals surface area contributed by atoms with E-state index in [1.54, 1.807) is 24.3 Å². The maximum absolute atomic E-state index is 12.2. The van der Waals surface area contributed by atoms with Crippen LogP contribution in [0.25, 0.3) is 6.08 Å². The molecule has 7 nitrogen and oxygen atoms in total. The number of nitrogens with zero attached hydrogens (tertiary/aromatic N) is 2. The number of rotatable bonds is 4. The zero-order valence-electron chi connectivity index (χ0n) is 14.0. The van der Waals surface area contributed by atoms with Crippen LogP contribution >= 0.6 is 50.9 Å². The van der Waals surface area contributed by atoms with Crippen molar-refractivity contribution >= 4 is 79.4 Å². The molecule has 1 fully saturated rings. The summed E-state index contributed by atoms with van der Waals surface area (Å²) in [6.45, 7) is 0. The van der Waals surface area contributed by atoms with Crippen LogP contribution in [0.2, 0.25) is 10.0 Å². The van der Waals surface area contributed by atoms with E-state index in [0.717, 1.165) is 11.8 Å². The summed E-state index contributed by atoms with van der Waals surface area (Å²) in [6, 6.07) is 7.94. The number of ether oxygens (including phenoxy) is 1. The van der Waals surface area contributed by atoms with E-state index in [-0.39, 0.29) is 22.4 Å². The van der Waals surface area contributed by atoms with Crippen LogP contribution in [0.4, 0.5) is 11.4 Å². The first-order valence-electron chi connectivity index (χ1n) is 7.55. The molecule has 0 radical (unpaired) electrons. The highest BCUT2D eigenvalue weighted by atomic mass is 79.9. The van der Waals surface area contributed by atoms with Gasteiger partial charge < -0.3 is 10.1 Å². The van der Waals surface area contributed by atoms with Gasteiger partial charge in [-0.1, -0.05) is 29.3 Å². The maximum Gasteiger partial charge on any atom is 0.312 e. The molecular weight excluding hydrogens is 493 g/mol. The summed E-state index contributed by atoms with van der Waals surface area (Å²) in [6.07, 6.45) is 1.53. The highest BCUT2D eigenvalue weighted by molar-refractivity contribution is 9.10. The molecule has 0 unspecified atom stereocenters. The average molecular weight is 503 g/mol. The van der Waals surface area contributed by atoms with Gasteiger partial charge in [0.25, 0.3) is 5.91 Å². The first-order chi connectivity index (χ1) is 13.3. The smallest absolute Gasteiger partial charge is 0.312 e. The number of benzene rings is 2. The van der Waals surface area contributed by atoms with Gasteiger partial charge in [0.1, 0.15) is 0 Å². The number of thioether (sulfide) groups is 1. The van der Waals surface area contributed by atoms with Gasteiger partial charge in [0.15, 0.2) is 5.17 Å². The van der Waals surface area contributed by atoms with E-state index in [0.29, 0.717) is 30.8 Å². The minimum Gasteiger partial charge on any atom is -0.489 e. The summed E-state index contributed by atoms with van der Waals surface area (Å²) < 4.78 is 5.45. The number of amides is 1. The maximum atomic E-state index is 12.2. The molecule has 0 bridgehead atoms. The molecule has 1 aliphatic rings. The standard InChI is InChI=1S/C17H10BrCl2N3O4S/c1-27-15-9(18)5-8(6-12(15)23(25)26)7-13-16(24)22-17(28-13)21-11-4-2-3-10(19)14(11)20/h2-7H,1H3,(H,21,22,24)/b13-7-. The Bertz CT molecular complexity index is 1060. The lowest BCUT2D eigenvalue weighted by Gasteiger charge is -2.05. The lowest BCUT2D eigenvalue weighted by Crippen LogP contribution is -2.19. The number of amidine groups is 1. The molecule has 0 aromatic heterocycles. The number of aliphatic imine (C=N–C) groups is 1. The Hall–Kier alpha value is -2.07. The molecule has 2 aromatic rings. The van der Waals surface area contributed by atoms with Crippen molar-refractivity contribution in [1.82, 2.24) is 5.32 Å². The predicted octanol–water partition coefficient (Wildman–Crippen LogP) is 5.56. The number of nitrogens with one attached hydrogen (secondary N) is 1. The fraction of sp³-hybridized carbons (Fsp3) is 0.0588. The molecular formula is C17H10BrCl2N3O4S. The summed E-state index contributed by atoms with van der Waals surface area (Å²) in [5.74, 6) is -0.273. The highest BCUT2D eigenvalue weighted by Gasteiger charge is 2.25. The summed E-state index contributed by atoms with van der Waals surface area (Å²) >= 11 is 16.4. The van der Waals surface area contributed by atoms with E-state index in [4.69, 9.17) is 27.9 Å². The van der Waals surface area contributed by atoms with Crippen molar-refractivity contribution in [1.29, 1.82) is 0 Å². The molecule has 0 spiro atoms. The van der Waals surface area contributed by atoms with Crippen LogP contribution in [-0.4, -0.2) is 23.1 Å². The highest BCUT2D eigenvalue weighted by Crippen LogP contribution is 2.38. The van der Waals surface area contributed by atoms with Crippen molar-refractivity contribution in [3.63, 3.8) is 0 Å². The molecule has 2 aromatic carbocycles. The SMILES string of the molecule is COc1c(Br)cc(/C=C2\SC(=Nc3cccc(Cl)c3Cl)NC2=O)cc1[N+](=O)[O-]. The van der Waals surface area contributed by atoms with Gasteiger partial charge in [0, 0.05) is 6.07 Å². The number of hydrogen-bond donors (Lipinski definition) is 1. The quantitative estimate of drug-likeness (QED) is 0.335. The first-order valence-corrected chi connectivity index (χ1v) is 9.92. The van der Waals surface area contributed by atoms with Gasteiger partial charge in [0.05, 0.1) is 37.1 Å². The fourth-order valence-electron chi connectivity index (χ4n) is 2.34. The largest absolute Gasteiger partial charge is 0.489 e. The second-order valence-electron chi connectivity index (χ2n) is 5.37. The third kappa shape index (κ3) is 4.33. The molecule has 1 amide bonds. The van der Waals surface area contributed by atoms with Crippen molar-refractivity contribution in [2.75, 3.05) is 7.11 Å². The predicted molar refractivity (Wildman–Crippen MR) is 115 cm³/mol. The number of nitro benzene ring substituents is 1. The lowest BCUT2D eigenvalue weighted by atomic mass is 10.1. The summed E-state index contributed by atoms with van der Waals surface area (Å²) in [7, 11) is 1.34. The Kier molecular flexibility index (Phi) is 6.29. The summed E-state index contributed by atoms with van der Waals surface area (Å²) in [4.78, 5) is 27.6. The van der Waals surface area contributed by atoms with Crippen molar-refractivity contribution in [2.45, 2.75) is 0 Å². The molecule has 11 heteroatoms. The molecule has 1 aliphatic heterocycles. The molecule has 1 saturated heterocycles. The van der Waals surface area contributed by atoms with Crippen LogP contribution in [0, 0.1) is 10.1 Å². The van der Waals surface area contributed by atoms with E-state index in [9.17, 15) is 14.9 Å². The van der Waals surface area contributed by atoms with Gasteiger partial charge >= 0.3 is 5.69 Å². The van der Waals surface area contributed by atoms with Gasteiger partial charge in [-0.3, -0.25) is 14.9 Å². The van der Waals surface area contributed by atoms with E-state index >= 15 is 0 Å². The minimum atomic E-state index is -0.554. The van der Waals surface area contributed by atoms with Crippen molar-refractivity contribution in [3.8, 4) is 5.75 Å². The number of carbonyl (C=O) groups is 1. The molecule has 0 atom stereocenters. The monoisotopic (exact) mass is 501 g/mol. The van der Waals surface area contributed by atoms with Gasteiger partial charge in [-0.2, -0.15) is 0 Å². The number of hydrogen-bond acceptors (Lipinski definition) is 6. The number of nitro groups is 1. The number of carbonyl (C=O) groups excluding carboxylic acids is 1. The zero-order chi connectivity index (χ0) is 20.4.